The highest BCUT2D eigenvalue weighted by atomic mass is 28.4. The summed E-state index contributed by atoms with van der Waals surface area (Å²) < 4.78 is 31.0. The molecule has 0 saturated carbocycles. The lowest BCUT2D eigenvalue weighted by molar-refractivity contribution is 0.342. The highest BCUT2D eigenvalue weighted by molar-refractivity contribution is 6.75. The lowest BCUT2D eigenvalue weighted by Crippen LogP contribution is -2.44. The number of rotatable bonds is 7. The topological polar surface area (TPSA) is 46.2 Å². The summed E-state index contributed by atoms with van der Waals surface area (Å²) in [6, 6.07) is 10.4. The largest absolute Gasteiger partial charge is 0.541 e. The van der Waals surface area contributed by atoms with E-state index in [0.717, 1.165) is 38.8 Å². The second kappa shape index (κ2) is 9.49. The second-order valence-electron chi connectivity index (χ2n) is 12.6. The number of ether oxygens (including phenoxy) is 3. The number of methoxy groups -OCH3 is 3. The van der Waals surface area contributed by atoms with Gasteiger partial charge in [0.25, 0.3) is 16.6 Å². The summed E-state index contributed by atoms with van der Waals surface area (Å²) in [6.07, 6.45) is 0. The number of hydrogen-bond acceptors (Lipinski definition) is 5. The third-order valence-corrected chi connectivity index (χ3v) is 16.7. The summed E-state index contributed by atoms with van der Waals surface area (Å²) in [5.41, 5.74) is 0. The first-order valence-electron chi connectivity index (χ1n) is 12.5. The number of fused-ring (bicyclic) bond motifs is 3. The fourth-order valence-electron chi connectivity index (χ4n) is 3.66. The summed E-state index contributed by atoms with van der Waals surface area (Å²) in [6.45, 7) is 22.4. The van der Waals surface area contributed by atoms with E-state index in [1.807, 2.05) is 6.07 Å². The zero-order valence-corrected chi connectivity index (χ0v) is 26.4. The van der Waals surface area contributed by atoms with Gasteiger partial charge in [0.15, 0.2) is 17.2 Å². The van der Waals surface area contributed by atoms with Gasteiger partial charge in [-0.1, -0.05) is 47.6 Å². The van der Waals surface area contributed by atoms with E-state index in [1.165, 1.54) is 0 Å². The maximum atomic E-state index is 6.86. The number of hydrogen-bond donors (Lipinski definition) is 0. The van der Waals surface area contributed by atoms with Crippen molar-refractivity contribution in [2.24, 2.45) is 0 Å². The van der Waals surface area contributed by atoms with Crippen molar-refractivity contribution < 1.29 is 23.1 Å². The van der Waals surface area contributed by atoms with Gasteiger partial charge in [-0.2, -0.15) is 0 Å². The molecule has 0 fully saturated rings. The zero-order valence-electron chi connectivity index (χ0n) is 24.4. The van der Waals surface area contributed by atoms with Crippen LogP contribution in [0.4, 0.5) is 0 Å². The monoisotopic (exact) mass is 528 g/mol. The van der Waals surface area contributed by atoms with Crippen LogP contribution in [-0.2, 0) is 0 Å². The molecule has 0 aliphatic rings. The van der Waals surface area contributed by atoms with Gasteiger partial charge in [-0.3, -0.25) is 0 Å². The minimum atomic E-state index is -2.16. The zero-order chi connectivity index (χ0) is 27.3. The molecule has 0 atom stereocenters. The molecule has 0 N–H and O–H groups in total. The van der Waals surface area contributed by atoms with Gasteiger partial charge in [0.1, 0.15) is 5.75 Å². The Balaban J connectivity index is 2.32. The van der Waals surface area contributed by atoms with Crippen molar-refractivity contribution in [1.82, 2.24) is 0 Å². The van der Waals surface area contributed by atoms with Gasteiger partial charge in [0.05, 0.1) is 21.3 Å². The lowest BCUT2D eigenvalue weighted by atomic mass is 10.00. The predicted octanol–water partition coefficient (Wildman–Crippen LogP) is 8.79. The van der Waals surface area contributed by atoms with Crippen molar-refractivity contribution in [3.05, 3.63) is 30.3 Å². The smallest absolute Gasteiger partial charge is 0.250 e. The van der Waals surface area contributed by atoms with Crippen molar-refractivity contribution >= 4 is 38.2 Å². The van der Waals surface area contributed by atoms with Gasteiger partial charge in [-0.05, 0) is 76.7 Å². The van der Waals surface area contributed by atoms with Gasteiger partial charge in [0.2, 0.25) is 5.75 Å². The lowest BCUT2D eigenvalue weighted by Gasteiger charge is -2.37. The minimum absolute atomic E-state index is 0.0312. The summed E-state index contributed by atoms with van der Waals surface area (Å²) in [4.78, 5) is 0. The Bertz CT molecular complexity index is 1270. The van der Waals surface area contributed by atoms with E-state index in [0.29, 0.717) is 11.5 Å². The molecule has 0 heterocycles. The van der Waals surface area contributed by atoms with Crippen LogP contribution >= 0.6 is 0 Å². The normalized spacial score (nSPS) is 13.1. The maximum absolute atomic E-state index is 6.86. The predicted molar refractivity (Wildman–Crippen MR) is 157 cm³/mol. The Hall–Kier alpha value is -2.39. The molecule has 5 nitrogen and oxygen atoms in total. The van der Waals surface area contributed by atoms with E-state index in [2.05, 4.69) is 92.0 Å². The van der Waals surface area contributed by atoms with Gasteiger partial charge >= 0.3 is 0 Å². The fourth-order valence-corrected chi connectivity index (χ4v) is 5.70. The van der Waals surface area contributed by atoms with Crippen molar-refractivity contribution in [2.45, 2.75) is 77.8 Å². The summed E-state index contributed by atoms with van der Waals surface area (Å²) in [5, 5.41) is 4.25. The van der Waals surface area contributed by atoms with E-state index in [4.69, 9.17) is 23.1 Å². The molecule has 0 aliphatic carbocycles. The Morgan fingerprint density at radius 3 is 1.56 bits per heavy atom. The van der Waals surface area contributed by atoms with Crippen molar-refractivity contribution in [3.63, 3.8) is 0 Å². The van der Waals surface area contributed by atoms with Crippen LogP contribution in [0.25, 0.3) is 21.5 Å². The Morgan fingerprint density at radius 2 is 1.06 bits per heavy atom. The minimum Gasteiger partial charge on any atom is -0.541 e. The van der Waals surface area contributed by atoms with Crippen LogP contribution in [0.5, 0.6) is 28.7 Å². The standard InChI is InChI=1S/C29H44O5Si2/c1-28(2,3)35(10,11)33-24-16-19-14-15-20-22(21(19)17-23(24)30-7)18-25(31-8)27(32-9)26(20)34-36(12,13)29(4,5)6/h14-18H,1-13H3. The third-order valence-electron chi connectivity index (χ3n) is 8.05. The second-order valence-corrected chi connectivity index (χ2v) is 22.0. The van der Waals surface area contributed by atoms with Crippen LogP contribution in [0.3, 0.4) is 0 Å². The highest BCUT2D eigenvalue weighted by Gasteiger charge is 2.41. The first-order valence-corrected chi connectivity index (χ1v) is 18.4. The SMILES string of the molecule is COc1cc2c(ccc3c(O[Si](C)(C)C(C)(C)C)c(OC)c(OC)cc32)cc1O[Si](C)(C)C(C)(C)C. The summed E-state index contributed by atoms with van der Waals surface area (Å²) >= 11 is 0. The van der Waals surface area contributed by atoms with Crippen LogP contribution in [-0.4, -0.2) is 38.0 Å². The first kappa shape index (κ1) is 28.2. The molecule has 3 aromatic rings. The van der Waals surface area contributed by atoms with E-state index in [-0.39, 0.29) is 10.1 Å². The van der Waals surface area contributed by atoms with Gasteiger partial charge in [-0.25, -0.2) is 0 Å². The highest BCUT2D eigenvalue weighted by Crippen LogP contribution is 2.50. The molecule has 36 heavy (non-hydrogen) atoms. The average molecular weight is 529 g/mol. The molecular formula is C29H44O5Si2. The molecule has 0 spiro atoms. The Labute approximate surface area is 219 Å². The molecular weight excluding hydrogens is 484 g/mol. The summed E-state index contributed by atoms with van der Waals surface area (Å²) in [5.74, 6) is 3.52. The van der Waals surface area contributed by atoms with Crippen molar-refractivity contribution in [2.75, 3.05) is 21.3 Å². The molecule has 0 radical (unpaired) electrons. The fraction of sp³-hybridized carbons (Fsp3) is 0.517. The Kier molecular flexibility index (Phi) is 7.43. The molecule has 3 aromatic carbocycles. The van der Waals surface area contributed by atoms with E-state index in [1.54, 1.807) is 21.3 Å². The molecule has 198 valence electrons. The molecule has 7 heteroatoms. The molecule has 0 amide bonds. The van der Waals surface area contributed by atoms with Gasteiger partial charge < -0.3 is 23.1 Å². The van der Waals surface area contributed by atoms with E-state index >= 15 is 0 Å². The van der Waals surface area contributed by atoms with Crippen molar-refractivity contribution in [1.29, 1.82) is 0 Å². The third kappa shape index (κ3) is 5.05. The molecule has 0 bridgehead atoms. The molecule has 0 saturated heterocycles. The number of benzene rings is 3. The molecule has 0 aliphatic heterocycles. The van der Waals surface area contributed by atoms with Crippen LogP contribution in [0.1, 0.15) is 41.5 Å². The van der Waals surface area contributed by atoms with Crippen molar-refractivity contribution in [3.8, 4) is 28.7 Å². The average Bonchev–Trinajstić information content (AvgIpc) is 2.76. The van der Waals surface area contributed by atoms with Gasteiger partial charge in [0, 0.05) is 5.39 Å². The van der Waals surface area contributed by atoms with Crippen LogP contribution < -0.4 is 23.1 Å². The van der Waals surface area contributed by atoms with Crippen LogP contribution in [0.15, 0.2) is 30.3 Å². The van der Waals surface area contributed by atoms with E-state index in [9.17, 15) is 0 Å². The summed E-state index contributed by atoms with van der Waals surface area (Å²) in [7, 11) is 0.814. The van der Waals surface area contributed by atoms with Crippen LogP contribution in [0, 0.1) is 0 Å². The Morgan fingerprint density at radius 1 is 0.528 bits per heavy atom. The maximum Gasteiger partial charge on any atom is 0.250 e. The quantitative estimate of drug-likeness (QED) is 0.226. The molecule has 0 aromatic heterocycles. The first-order chi connectivity index (χ1) is 16.5. The van der Waals surface area contributed by atoms with Crippen LogP contribution in [0.2, 0.25) is 36.3 Å². The molecule has 3 rings (SSSR count). The van der Waals surface area contributed by atoms with Gasteiger partial charge in [-0.15, -0.1) is 0 Å². The molecule has 0 unspecified atom stereocenters. The van der Waals surface area contributed by atoms with E-state index < -0.39 is 16.6 Å².